The first-order valence-corrected chi connectivity index (χ1v) is 16.9. The fraction of sp³-hybridized carbons (Fsp3) is 0.257. The van der Waals surface area contributed by atoms with E-state index in [2.05, 4.69) is 5.32 Å². The van der Waals surface area contributed by atoms with Gasteiger partial charge in [-0.3, -0.25) is 13.9 Å². The number of benzene rings is 4. The molecule has 0 unspecified atom stereocenters. The van der Waals surface area contributed by atoms with Crippen molar-refractivity contribution in [3.63, 3.8) is 0 Å². The van der Waals surface area contributed by atoms with Crippen molar-refractivity contribution in [2.24, 2.45) is 0 Å². The zero-order valence-corrected chi connectivity index (χ0v) is 27.8. The summed E-state index contributed by atoms with van der Waals surface area (Å²) >= 11 is 12.2. The topological polar surface area (TPSA) is 86.8 Å². The van der Waals surface area contributed by atoms with Crippen LogP contribution in [0.2, 0.25) is 10.0 Å². The number of aryl methyl sites for hydroxylation is 1. The van der Waals surface area contributed by atoms with Gasteiger partial charge in [-0.2, -0.15) is 0 Å². The number of amides is 2. The molecule has 0 aliphatic heterocycles. The highest BCUT2D eigenvalue weighted by Gasteiger charge is 2.35. The number of hydrogen-bond acceptors (Lipinski definition) is 4. The van der Waals surface area contributed by atoms with Crippen LogP contribution in [0, 0.1) is 6.92 Å². The first kappa shape index (κ1) is 34.0. The van der Waals surface area contributed by atoms with Gasteiger partial charge in [-0.05, 0) is 79.4 Å². The van der Waals surface area contributed by atoms with Gasteiger partial charge in [-0.1, -0.05) is 90.8 Å². The largest absolute Gasteiger partial charge is 0.352 e. The molecule has 45 heavy (non-hydrogen) atoms. The standard InChI is InChI=1S/C35H37Cl2N3O4S/c1-4-26(3)38-35(42)33(22-27-11-6-5-7-12-27)39(23-28-14-16-29(36)17-15-28)34(41)24-40(32-13-9-8-10-25(32)2)45(43,44)31-20-18-30(37)19-21-31/h5-21,26,33H,4,22-24H2,1-3H3,(H,38,42)/t26-,33+/m0/s1. The molecule has 236 valence electrons. The molecule has 0 saturated heterocycles. The number of hydrogen-bond donors (Lipinski definition) is 1. The molecule has 0 spiro atoms. The van der Waals surface area contributed by atoms with Crippen LogP contribution in [-0.4, -0.2) is 43.8 Å². The zero-order valence-electron chi connectivity index (χ0n) is 25.5. The quantitative estimate of drug-likeness (QED) is 0.166. The zero-order chi connectivity index (χ0) is 32.6. The van der Waals surface area contributed by atoms with Crippen LogP contribution in [0.25, 0.3) is 0 Å². The second-order valence-corrected chi connectivity index (χ2v) is 13.7. The molecular weight excluding hydrogens is 629 g/mol. The highest BCUT2D eigenvalue weighted by atomic mass is 35.5. The van der Waals surface area contributed by atoms with Crippen LogP contribution >= 0.6 is 23.2 Å². The molecule has 0 bridgehead atoms. The van der Waals surface area contributed by atoms with Crippen LogP contribution in [-0.2, 0) is 32.6 Å². The Kier molecular flexibility index (Phi) is 11.7. The number of nitrogens with zero attached hydrogens (tertiary/aromatic N) is 2. The average Bonchev–Trinajstić information content (AvgIpc) is 3.03. The molecule has 4 aromatic carbocycles. The van der Waals surface area contributed by atoms with E-state index in [1.54, 1.807) is 55.5 Å². The summed E-state index contributed by atoms with van der Waals surface area (Å²) in [6, 6.07) is 28.2. The van der Waals surface area contributed by atoms with E-state index in [4.69, 9.17) is 23.2 Å². The van der Waals surface area contributed by atoms with Gasteiger partial charge in [0.1, 0.15) is 12.6 Å². The number of carbonyl (C=O) groups is 2. The van der Waals surface area contributed by atoms with Crippen molar-refractivity contribution >= 4 is 50.7 Å². The molecule has 2 amide bonds. The van der Waals surface area contributed by atoms with Gasteiger partial charge >= 0.3 is 0 Å². The van der Waals surface area contributed by atoms with Crippen LogP contribution in [0.3, 0.4) is 0 Å². The van der Waals surface area contributed by atoms with Gasteiger partial charge in [0.05, 0.1) is 10.6 Å². The Morgan fingerprint density at radius 3 is 1.98 bits per heavy atom. The summed E-state index contributed by atoms with van der Waals surface area (Å²) in [5, 5.41) is 3.96. The van der Waals surface area contributed by atoms with Crippen molar-refractivity contribution in [1.82, 2.24) is 10.2 Å². The number of nitrogens with one attached hydrogen (secondary N) is 1. The fourth-order valence-electron chi connectivity index (χ4n) is 4.87. The summed E-state index contributed by atoms with van der Waals surface area (Å²) in [4.78, 5) is 29.9. The number of halogens is 2. The number of sulfonamides is 1. The van der Waals surface area contributed by atoms with Crippen molar-refractivity contribution in [2.45, 2.75) is 57.1 Å². The summed E-state index contributed by atoms with van der Waals surface area (Å²) in [7, 11) is -4.22. The van der Waals surface area contributed by atoms with E-state index < -0.39 is 28.5 Å². The van der Waals surface area contributed by atoms with Crippen LogP contribution in [0.15, 0.2) is 108 Å². The molecule has 0 aliphatic carbocycles. The van der Waals surface area contributed by atoms with Crippen LogP contribution in [0.5, 0.6) is 0 Å². The van der Waals surface area contributed by atoms with Gasteiger partial charge in [-0.15, -0.1) is 0 Å². The lowest BCUT2D eigenvalue weighted by atomic mass is 10.0. The molecule has 0 aromatic heterocycles. The number of para-hydroxylation sites is 1. The van der Waals surface area contributed by atoms with Crippen molar-refractivity contribution in [3.05, 3.63) is 130 Å². The van der Waals surface area contributed by atoms with E-state index in [1.165, 1.54) is 29.2 Å². The molecule has 4 rings (SSSR count). The second-order valence-electron chi connectivity index (χ2n) is 10.9. The summed E-state index contributed by atoms with van der Waals surface area (Å²) in [6.07, 6.45) is 0.937. The number of carbonyl (C=O) groups excluding carboxylic acids is 2. The maximum Gasteiger partial charge on any atom is 0.264 e. The summed E-state index contributed by atoms with van der Waals surface area (Å²) < 4.78 is 29.4. The Morgan fingerprint density at radius 2 is 1.38 bits per heavy atom. The van der Waals surface area contributed by atoms with Gasteiger partial charge in [0.2, 0.25) is 11.8 Å². The SMILES string of the molecule is CC[C@H](C)NC(=O)[C@@H](Cc1ccccc1)N(Cc1ccc(Cl)cc1)C(=O)CN(c1ccccc1C)S(=O)(=O)c1ccc(Cl)cc1. The Balaban J connectivity index is 1.81. The molecule has 0 heterocycles. The Hall–Kier alpha value is -3.85. The predicted octanol–water partition coefficient (Wildman–Crippen LogP) is 7.05. The monoisotopic (exact) mass is 665 g/mol. The van der Waals surface area contributed by atoms with Gasteiger partial charge in [0.25, 0.3) is 10.0 Å². The Morgan fingerprint density at radius 1 is 0.800 bits per heavy atom. The van der Waals surface area contributed by atoms with Gasteiger partial charge in [0.15, 0.2) is 0 Å². The molecule has 10 heteroatoms. The molecule has 7 nitrogen and oxygen atoms in total. The number of rotatable bonds is 13. The van der Waals surface area contributed by atoms with E-state index in [9.17, 15) is 18.0 Å². The van der Waals surface area contributed by atoms with E-state index in [0.717, 1.165) is 15.4 Å². The minimum absolute atomic E-state index is 0.0115. The lowest BCUT2D eigenvalue weighted by Gasteiger charge is -2.34. The predicted molar refractivity (Wildman–Crippen MR) is 181 cm³/mol. The van der Waals surface area contributed by atoms with Crippen LogP contribution in [0.4, 0.5) is 5.69 Å². The third-order valence-electron chi connectivity index (χ3n) is 7.60. The van der Waals surface area contributed by atoms with Crippen molar-refractivity contribution < 1.29 is 18.0 Å². The van der Waals surface area contributed by atoms with E-state index in [1.807, 2.05) is 44.2 Å². The van der Waals surface area contributed by atoms with Gasteiger partial charge in [0, 0.05) is 29.1 Å². The minimum atomic E-state index is -4.22. The smallest absolute Gasteiger partial charge is 0.264 e. The molecular formula is C35H37Cl2N3O4S. The minimum Gasteiger partial charge on any atom is -0.352 e. The highest BCUT2D eigenvalue weighted by Crippen LogP contribution is 2.28. The molecule has 0 fully saturated rings. The lowest BCUT2D eigenvalue weighted by molar-refractivity contribution is -0.140. The van der Waals surface area contributed by atoms with E-state index in [-0.39, 0.29) is 29.8 Å². The molecule has 0 aliphatic rings. The highest BCUT2D eigenvalue weighted by molar-refractivity contribution is 7.92. The molecule has 4 aromatic rings. The molecule has 1 N–H and O–H groups in total. The normalized spacial score (nSPS) is 12.6. The second kappa shape index (κ2) is 15.4. The summed E-state index contributed by atoms with van der Waals surface area (Å²) in [5.74, 6) is -0.857. The van der Waals surface area contributed by atoms with E-state index in [0.29, 0.717) is 27.7 Å². The third kappa shape index (κ3) is 8.87. The number of anilines is 1. The molecule has 2 atom stereocenters. The van der Waals surface area contributed by atoms with Gasteiger partial charge < -0.3 is 10.2 Å². The van der Waals surface area contributed by atoms with Crippen molar-refractivity contribution in [2.75, 3.05) is 10.8 Å². The van der Waals surface area contributed by atoms with Crippen molar-refractivity contribution in [3.8, 4) is 0 Å². The molecule has 0 radical (unpaired) electrons. The van der Waals surface area contributed by atoms with Crippen LogP contribution in [0.1, 0.15) is 37.0 Å². The first-order chi connectivity index (χ1) is 21.5. The summed E-state index contributed by atoms with van der Waals surface area (Å²) in [5.41, 5.74) is 2.63. The third-order valence-corrected chi connectivity index (χ3v) is 9.88. The maximum atomic E-state index is 14.5. The van der Waals surface area contributed by atoms with E-state index >= 15 is 0 Å². The Bertz CT molecular complexity index is 1700. The van der Waals surface area contributed by atoms with Crippen LogP contribution < -0.4 is 9.62 Å². The average molecular weight is 667 g/mol. The fourth-order valence-corrected chi connectivity index (χ4v) is 6.60. The Labute approximate surface area is 275 Å². The first-order valence-electron chi connectivity index (χ1n) is 14.7. The van der Waals surface area contributed by atoms with Gasteiger partial charge in [-0.25, -0.2) is 8.42 Å². The lowest BCUT2D eigenvalue weighted by Crippen LogP contribution is -2.54. The molecule has 0 saturated carbocycles. The summed E-state index contributed by atoms with van der Waals surface area (Å²) in [6.45, 7) is 5.18. The maximum absolute atomic E-state index is 14.5. The van der Waals surface area contributed by atoms with Crippen molar-refractivity contribution in [1.29, 1.82) is 0 Å².